The molecular weight excluding hydrogens is 244 g/mol. The van der Waals surface area contributed by atoms with Gasteiger partial charge in [0.15, 0.2) is 5.71 Å². The molecule has 0 aromatic heterocycles. The Balaban J connectivity index is 2.30. The zero-order valence-electron chi connectivity index (χ0n) is 11.3. The summed E-state index contributed by atoms with van der Waals surface area (Å²) in [7, 11) is 1.43. The maximum absolute atomic E-state index is 10.4. The normalized spacial score (nSPS) is 19.6. The van der Waals surface area contributed by atoms with Crippen LogP contribution in [0, 0.1) is 0 Å². The molecule has 0 saturated carbocycles. The topological polar surface area (TPSA) is 63.4 Å². The lowest BCUT2D eigenvalue weighted by Crippen LogP contribution is -2.23. The fourth-order valence-corrected chi connectivity index (χ4v) is 1.81. The Labute approximate surface area is 112 Å². The van der Waals surface area contributed by atoms with Crippen molar-refractivity contribution in [3.63, 3.8) is 0 Å². The Morgan fingerprint density at radius 1 is 1.42 bits per heavy atom. The minimum atomic E-state index is -0.922. The van der Waals surface area contributed by atoms with E-state index in [-0.39, 0.29) is 5.54 Å². The minimum Gasteiger partial charge on any atom is -0.474 e. The molecule has 1 aromatic rings. The van der Waals surface area contributed by atoms with Gasteiger partial charge in [0.1, 0.15) is 19.8 Å². The van der Waals surface area contributed by atoms with E-state index in [1.54, 1.807) is 0 Å². The van der Waals surface area contributed by atoms with Gasteiger partial charge in [-0.05, 0) is 19.4 Å². The fourth-order valence-electron chi connectivity index (χ4n) is 1.81. The van der Waals surface area contributed by atoms with Crippen molar-refractivity contribution in [2.24, 2.45) is 10.1 Å². The highest BCUT2D eigenvalue weighted by Gasteiger charge is 2.32. The van der Waals surface area contributed by atoms with Crippen molar-refractivity contribution in [2.45, 2.75) is 25.5 Å². The summed E-state index contributed by atoms with van der Waals surface area (Å²) in [6, 6.07) is 9.22. The molecule has 1 aliphatic rings. The van der Waals surface area contributed by atoms with Crippen molar-refractivity contribution in [1.82, 2.24) is 0 Å². The first-order valence-electron chi connectivity index (χ1n) is 6.10. The maximum Gasteiger partial charge on any atom is 0.238 e. The molecule has 19 heavy (non-hydrogen) atoms. The quantitative estimate of drug-likeness (QED) is 0.666. The summed E-state index contributed by atoms with van der Waals surface area (Å²) in [6.45, 7) is 4.38. The number of hydrogen-bond acceptors (Lipinski definition) is 5. The van der Waals surface area contributed by atoms with Crippen LogP contribution in [0.4, 0.5) is 0 Å². The van der Waals surface area contributed by atoms with E-state index < -0.39 is 6.10 Å². The average Bonchev–Trinajstić information content (AvgIpc) is 2.76. The molecule has 0 fully saturated rings. The van der Waals surface area contributed by atoms with Gasteiger partial charge in [0.2, 0.25) is 5.90 Å². The first-order valence-corrected chi connectivity index (χ1v) is 6.10. The van der Waals surface area contributed by atoms with E-state index in [2.05, 4.69) is 10.1 Å². The molecule has 1 N–H and O–H groups in total. The number of ether oxygens (including phenoxy) is 1. The third-order valence-corrected chi connectivity index (χ3v) is 2.75. The van der Waals surface area contributed by atoms with E-state index in [1.807, 2.05) is 44.2 Å². The third kappa shape index (κ3) is 3.12. The van der Waals surface area contributed by atoms with E-state index in [0.717, 1.165) is 0 Å². The van der Waals surface area contributed by atoms with Crippen molar-refractivity contribution in [1.29, 1.82) is 0 Å². The zero-order valence-corrected chi connectivity index (χ0v) is 11.3. The maximum atomic E-state index is 10.4. The Morgan fingerprint density at radius 2 is 2.11 bits per heavy atom. The van der Waals surface area contributed by atoms with Gasteiger partial charge in [-0.25, -0.2) is 4.99 Å². The molecule has 5 heteroatoms. The van der Waals surface area contributed by atoms with E-state index in [1.165, 1.54) is 7.11 Å². The standard InChI is InChI=1S/C14H18N2O3/c1-14(2)9-19-13(15-14)11(16-18-3)12(17)10-7-5-4-6-8-10/h4-8,12,17H,9H2,1-3H3/b16-11+. The summed E-state index contributed by atoms with van der Waals surface area (Å²) in [4.78, 5) is 9.20. The average molecular weight is 262 g/mol. The van der Waals surface area contributed by atoms with Crippen molar-refractivity contribution in [3.8, 4) is 0 Å². The SMILES string of the molecule is CO/N=C(/C1=NC(C)(C)CO1)C(O)c1ccccc1. The molecule has 2 rings (SSSR count). The van der Waals surface area contributed by atoms with Gasteiger partial charge in [-0.3, -0.25) is 0 Å². The molecule has 5 nitrogen and oxygen atoms in total. The van der Waals surface area contributed by atoms with E-state index in [0.29, 0.717) is 23.8 Å². The van der Waals surface area contributed by atoms with Crippen LogP contribution in [0.3, 0.4) is 0 Å². The highest BCUT2D eigenvalue weighted by molar-refractivity contribution is 6.40. The minimum absolute atomic E-state index is 0.291. The van der Waals surface area contributed by atoms with Crippen molar-refractivity contribution in [2.75, 3.05) is 13.7 Å². The molecular formula is C14H18N2O3. The van der Waals surface area contributed by atoms with Crippen molar-refractivity contribution >= 4 is 11.6 Å². The molecule has 1 heterocycles. The first kappa shape index (κ1) is 13.5. The van der Waals surface area contributed by atoms with Gasteiger partial charge in [0, 0.05) is 0 Å². The van der Waals surface area contributed by atoms with Gasteiger partial charge in [-0.1, -0.05) is 35.5 Å². The molecule has 0 spiro atoms. The lowest BCUT2D eigenvalue weighted by molar-refractivity contribution is 0.195. The van der Waals surface area contributed by atoms with Crippen LogP contribution in [-0.2, 0) is 9.57 Å². The van der Waals surface area contributed by atoms with Crippen LogP contribution in [-0.4, -0.2) is 36.0 Å². The number of benzene rings is 1. The molecule has 0 bridgehead atoms. The van der Waals surface area contributed by atoms with Crippen LogP contribution in [0.5, 0.6) is 0 Å². The van der Waals surface area contributed by atoms with E-state index >= 15 is 0 Å². The highest BCUT2D eigenvalue weighted by atomic mass is 16.6. The van der Waals surface area contributed by atoms with Gasteiger partial charge < -0.3 is 14.7 Å². The Kier molecular flexibility index (Phi) is 3.85. The second-order valence-electron chi connectivity index (χ2n) is 4.99. The lowest BCUT2D eigenvalue weighted by Gasteiger charge is -2.12. The van der Waals surface area contributed by atoms with E-state index in [4.69, 9.17) is 9.57 Å². The summed E-state index contributed by atoms with van der Waals surface area (Å²) in [5.74, 6) is 0.336. The van der Waals surface area contributed by atoms with Gasteiger partial charge in [-0.2, -0.15) is 0 Å². The number of nitrogens with zero attached hydrogens (tertiary/aromatic N) is 2. The molecule has 0 aliphatic carbocycles. The number of rotatable bonds is 4. The van der Waals surface area contributed by atoms with Crippen LogP contribution >= 0.6 is 0 Å². The molecule has 1 unspecified atom stereocenters. The van der Waals surface area contributed by atoms with Gasteiger partial charge in [0.05, 0.1) is 5.54 Å². The summed E-state index contributed by atoms with van der Waals surface area (Å²) < 4.78 is 5.50. The first-order chi connectivity index (χ1) is 9.03. The molecule has 0 saturated heterocycles. The van der Waals surface area contributed by atoms with Crippen LogP contribution in [0.15, 0.2) is 40.5 Å². The van der Waals surface area contributed by atoms with E-state index in [9.17, 15) is 5.11 Å². The summed E-state index contributed by atoms with van der Waals surface area (Å²) >= 11 is 0. The zero-order chi connectivity index (χ0) is 13.9. The van der Waals surface area contributed by atoms with Gasteiger partial charge >= 0.3 is 0 Å². The van der Waals surface area contributed by atoms with Crippen molar-refractivity contribution < 1.29 is 14.7 Å². The predicted molar refractivity (Wildman–Crippen MR) is 73.3 cm³/mol. The fraction of sp³-hybridized carbons (Fsp3) is 0.429. The Bertz CT molecular complexity index is 495. The second-order valence-corrected chi connectivity index (χ2v) is 4.99. The van der Waals surface area contributed by atoms with Crippen LogP contribution in [0.2, 0.25) is 0 Å². The number of hydrogen-bond donors (Lipinski definition) is 1. The third-order valence-electron chi connectivity index (χ3n) is 2.75. The van der Waals surface area contributed by atoms with Gasteiger partial charge in [-0.15, -0.1) is 0 Å². The predicted octanol–water partition coefficient (Wildman–Crippen LogP) is 1.93. The number of oxime groups is 1. The molecule has 0 amide bonds. The van der Waals surface area contributed by atoms with Crippen LogP contribution < -0.4 is 0 Å². The highest BCUT2D eigenvalue weighted by Crippen LogP contribution is 2.22. The summed E-state index contributed by atoms with van der Waals surface area (Å²) in [5, 5.41) is 14.2. The number of aliphatic hydroxyl groups is 1. The van der Waals surface area contributed by atoms with Crippen molar-refractivity contribution in [3.05, 3.63) is 35.9 Å². The molecule has 1 aromatic carbocycles. The smallest absolute Gasteiger partial charge is 0.238 e. The monoisotopic (exact) mass is 262 g/mol. The number of aliphatic imine (C=N–C) groups is 1. The number of aliphatic hydroxyl groups excluding tert-OH is 1. The van der Waals surface area contributed by atoms with Crippen LogP contribution in [0.25, 0.3) is 0 Å². The summed E-state index contributed by atoms with van der Waals surface area (Å²) in [5.41, 5.74) is 0.703. The second kappa shape index (κ2) is 5.40. The molecule has 0 radical (unpaired) electrons. The summed E-state index contributed by atoms with van der Waals surface area (Å²) in [6.07, 6.45) is -0.922. The largest absolute Gasteiger partial charge is 0.474 e. The Hall–Kier alpha value is -1.88. The van der Waals surface area contributed by atoms with Gasteiger partial charge in [0.25, 0.3) is 0 Å². The van der Waals surface area contributed by atoms with Crippen LogP contribution in [0.1, 0.15) is 25.5 Å². The molecule has 102 valence electrons. The molecule has 1 atom stereocenters. The molecule has 1 aliphatic heterocycles. The Morgan fingerprint density at radius 3 is 2.63 bits per heavy atom. The lowest BCUT2D eigenvalue weighted by atomic mass is 10.0.